The van der Waals surface area contributed by atoms with E-state index in [-0.39, 0.29) is 23.0 Å². The number of fused-ring (bicyclic) bond motifs is 5. The van der Waals surface area contributed by atoms with E-state index in [1.807, 2.05) is 20.8 Å². The zero-order chi connectivity index (χ0) is 22.8. The molecule has 6 atom stereocenters. The molecule has 31 heavy (non-hydrogen) atoms. The molecule has 0 spiro atoms. The third kappa shape index (κ3) is 3.62. The molecule has 170 valence electrons. The Morgan fingerprint density at radius 3 is 2.61 bits per heavy atom. The van der Waals surface area contributed by atoms with E-state index in [0.717, 1.165) is 18.4 Å². The monoisotopic (exact) mass is 429 g/mol. The first-order chi connectivity index (χ1) is 14.3. The molecule has 0 heterocycles. The Morgan fingerprint density at radius 1 is 1.26 bits per heavy atom. The zero-order valence-corrected chi connectivity index (χ0v) is 19.3. The maximum Gasteiger partial charge on any atom is 0.511 e. The fourth-order valence-corrected chi connectivity index (χ4v) is 6.94. The summed E-state index contributed by atoms with van der Waals surface area (Å²) in [6.45, 7) is 9.87. The number of hydrogen-bond donors (Lipinski definition) is 2. The van der Waals surface area contributed by atoms with Crippen molar-refractivity contribution in [2.45, 2.75) is 79.2 Å². The van der Waals surface area contributed by atoms with Gasteiger partial charge in [0.2, 0.25) is 5.91 Å². The van der Waals surface area contributed by atoms with Gasteiger partial charge in [0.15, 0.2) is 0 Å². The van der Waals surface area contributed by atoms with Crippen LogP contribution in [0.1, 0.15) is 73.1 Å². The number of allylic oxidation sites excluding steroid dienone is 3. The summed E-state index contributed by atoms with van der Waals surface area (Å²) in [5.41, 5.74) is 0.0287. The van der Waals surface area contributed by atoms with E-state index in [0.29, 0.717) is 30.5 Å². The van der Waals surface area contributed by atoms with Crippen LogP contribution in [-0.2, 0) is 14.3 Å². The van der Waals surface area contributed by atoms with Gasteiger partial charge in [-0.2, -0.15) is 0 Å². The van der Waals surface area contributed by atoms with Crippen molar-refractivity contribution in [3.05, 3.63) is 23.5 Å². The van der Waals surface area contributed by atoms with Gasteiger partial charge in [0.1, 0.15) is 11.5 Å². The van der Waals surface area contributed by atoms with Gasteiger partial charge in [-0.3, -0.25) is 9.59 Å². The minimum absolute atomic E-state index is 0.0969. The van der Waals surface area contributed by atoms with E-state index in [2.05, 4.69) is 25.2 Å². The fourth-order valence-electron chi connectivity index (χ4n) is 6.94. The first-order valence-corrected chi connectivity index (χ1v) is 11.5. The summed E-state index contributed by atoms with van der Waals surface area (Å²) in [4.78, 5) is 37.6. The van der Waals surface area contributed by atoms with Gasteiger partial charge >= 0.3 is 6.16 Å². The molecule has 0 aliphatic heterocycles. The van der Waals surface area contributed by atoms with Crippen LogP contribution in [-0.4, -0.2) is 29.0 Å². The van der Waals surface area contributed by atoms with Gasteiger partial charge in [-0.25, -0.2) is 4.79 Å². The number of ether oxygens (including phenoxy) is 1. The largest absolute Gasteiger partial charge is 0.511 e. The molecule has 1 amide bonds. The highest BCUT2D eigenvalue weighted by atomic mass is 16.7. The smallest absolute Gasteiger partial charge is 0.449 e. The lowest BCUT2D eigenvalue weighted by atomic mass is 9.48. The molecule has 4 aliphatic carbocycles. The van der Waals surface area contributed by atoms with Crippen molar-refractivity contribution in [3.63, 3.8) is 0 Å². The Kier molecular flexibility index (Phi) is 5.14. The van der Waals surface area contributed by atoms with Gasteiger partial charge in [-0.1, -0.05) is 47.1 Å². The molecule has 4 rings (SSSR count). The Morgan fingerprint density at radius 2 is 1.97 bits per heavy atom. The Bertz CT molecular complexity index is 881. The number of Topliss-reactive ketones (excluding diaryl/α,β-unsaturated/α-hetero) is 1. The molecule has 2 N–H and O–H groups in total. The highest BCUT2D eigenvalue weighted by Crippen LogP contribution is 2.63. The molecule has 0 aromatic rings. The second kappa shape index (κ2) is 7.21. The minimum atomic E-state index is -1.39. The number of rotatable bonds is 2. The summed E-state index contributed by atoms with van der Waals surface area (Å²) in [5.74, 6) is 1.17. The van der Waals surface area contributed by atoms with E-state index in [9.17, 15) is 19.5 Å². The summed E-state index contributed by atoms with van der Waals surface area (Å²) in [7, 11) is 0. The van der Waals surface area contributed by atoms with Crippen molar-refractivity contribution >= 4 is 17.8 Å². The van der Waals surface area contributed by atoms with Gasteiger partial charge in [0, 0.05) is 23.2 Å². The lowest BCUT2D eigenvalue weighted by molar-refractivity contribution is -0.141. The SMILES string of the molecule is CC(C)(C)C(=O)NC1C[C@@]2(C)C(=CCC3C4CCC[C@@]4(C)CC(=O)C32)C=C1OC(=O)O. The minimum Gasteiger partial charge on any atom is -0.449 e. The molecule has 4 unspecified atom stereocenters. The van der Waals surface area contributed by atoms with Gasteiger partial charge in [0.25, 0.3) is 0 Å². The molecule has 0 saturated heterocycles. The predicted octanol–water partition coefficient (Wildman–Crippen LogP) is 4.85. The van der Waals surface area contributed by atoms with E-state index in [4.69, 9.17) is 4.74 Å². The van der Waals surface area contributed by atoms with Crippen LogP contribution in [0.25, 0.3) is 0 Å². The summed E-state index contributed by atoms with van der Waals surface area (Å²) >= 11 is 0. The molecule has 0 aromatic heterocycles. The first kappa shape index (κ1) is 22.1. The van der Waals surface area contributed by atoms with Crippen LogP contribution in [0, 0.1) is 34.0 Å². The zero-order valence-electron chi connectivity index (χ0n) is 19.3. The third-order valence-corrected chi connectivity index (χ3v) is 8.44. The van der Waals surface area contributed by atoms with Crippen molar-refractivity contribution in [3.8, 4) is 0 Å². The molecule has 0 bridgehead atoms. The van der Waals surface area contributed by atoms with Crippen molar-refractivity contribution in [2.75, 3.05) is 0 Å². The van der Waals surface area contributed by atoms with Crippen LogP contribution in [0.15, 0.2) is 23.5 Å². The van der Waals surface area contributed by atoms with Crippen LogP contribution in [0.3, 0.4) is 0 Å². The lowest BCUT2D eigenvalue weighted by Crippen LogP contribution is -2.56. The third-order valence-electron chi connectivity index (χ3n) is 8.44. The maximum atomic E-state index is 13.5. The van der Waals surface area contributed by atoms with Crippen LogP contribution >= 0.6 is 0 Å². The van der Waals surface area contributed by atoms with Crippen molar-refractivity contribution in [2.24, 2.45) is 34.0 Å². The van der Waals surface area contributed by atoms with Gasteiger partial charge in [-0.15, -0.1) is 0 Å². The van der Waals surface area contributed by atoms with E-state index in [1.165, 1.54) is 12.8 Å². The molecular formula is C25H35NO5. The lowest BCUT2D eigenvalue weighted by Gasteiger charge is -2.55. The number of ketones is 1. The Labute approximate surface area is 184 Å². The number of carbonyl (C=O) groups is 3. The van der Waals surface area contributed by atoms with E-state index in [1.54, 1.807) is 6.08 Å². The molecule has 0 aromatic carbocycles. The summed E-state index contributed by atoms with van der Waals surface area (Å²) in [6, 6.07) is -0.576. The van der Waals surface area contributed by atoms with Crippen molar-refractivity contribution in [1.29, 1.82) is 0 Å². The molecule has 2 saturated carbocycles. The summed E-state index contributed by atoms with van der Waals surface area (Å²) in [6.07, 6.45) is 7.98. The van der Waals surface area contributed by atoms with Crippen LogP contribution < -0.4 is 5.32 Å². The van der Waals surface area contributed by atoms with E-state index >= 15 is 0 Å². The average Bonchev–Trinajstić information content (AvgIpc) is 3.01. The maximum absolute atomic E-state index is 13.5. The number of carboxylic acid groups (broad SMARTS) is 1. The molecule has 0 radical (unpaired) electrons. The van der Waals surface area contributed by atoms with Crippen LogP contribution in [0.2, 0.25) is 0 Å². The highest BCUT2D eigenvalue weighted by molar-refractivity contribution is 5.85. The Hall–Kier alpha value is -2.11. The van der Waals surface area contributed by atoms with Gasteiger partial charge in [0.05, 0.1) is 6.04 Å². The predicted molar refractivity (Wildman–Crippen MR) is 116 cm³/mol. The average molecular weight is 430 g/mol. The summed E-state index contributed by atoms with van der Waals surface area (Å²) in [5, 5.41) is 12.3. The summed E-state index contributed by atoms with van der Waals surface area (Å²) < 4.78 is 5.10. The molecule has 4 aliphatic rings. The highest BCUT2D eigenvalue weighted by Gasteiger charge is 2.60. The van der Waals surface area contributed by atoms with Crippen molar-refractivity contribution in [1.82, 2.24) is 5.32 Å². The van der Waals surface area contributed by atoms with Gasteiger partial charge in [-0.05, 0) is 54.6 Å². The van der Waals surface area contributed by atoms with Crippen LogP contribution in [0.5, 0.6) is 0 Å². The number of hydrogen-bond acceptors (Lipinski definition) is 4. The van der Waals surface area contributed by atoms with Crippen LogP contribution in [0.4, 0.5) is 4.79 Å². The molecule has 6 nitrogen and oxygen atoms in total. The standard InChI is InChI=1S/C25H35NO5/c1-23(2,3)21(28)26-17-12-25(5)14(11-19(17)31-22(29)30)8-9-15-16-7-6-10-24(16,4)13-18(27)20(15)25/h8,11,15-17,20H,6-7,9-10,12-13H2,1-5H3,(H,26,28)(H,29,30)/t15?,16?,17?,20?,24-,25-/m0/s1. The normalized spacial score (nSPS) is 39.5. The quantitative estimate of drug-likeness (QED) is 0.612. The number of carbonyl (C=O) groups excluding carboxylic acids is 2. The second-order valence-electron chi connectivity index (χ2n) is 11.6. The Balaban J connectivity index is 1.72. The fraction of sp³-hybridized carbons (Fsp3) is 0.720. The topological polar surface area (TPSA) is 92.7 Å². The molecule has 6 heteroatoms. The second-order valence-corrected chi connectivity index (χ2v) is 11.6. The van der Waals surface area contributed by atoms with E-state index < -0.39 is 23.0 Å². The first-order valence-electron chi connectivity index (χ1n) is 11.5. The van der Waals surface area contributed by atoms with Crippen molar-refractivity contribution < 1.29 is 24.2 Å². The van der Waals surface area contributed by atoms with Gasteiger partial charge < -0.3 is 15.2 Å². The molecular weight excluding hydrogens is 394 g/mol. The number of amides is 1. The molecule has 2 fully saturated rings. The number of nitrogens with one attached hydrogen (secondary N) is 1.